The van der Waals surface area contributed by atoms with Gasteiger partial charge in [0.05, 0.1) is 0 Å². The predicted octanol–water partition coefficient (Wildman–Crippen LogP) is 2.14. The lowest BCUT2D eigenvalue weighted by molar-refractivity contribution is 0.246. The van der Waals surface area contributed by atoms with Gasteiger partial charge in [-0.25, -0.2) is 4.79 Å². The molecule has 2 aliphatic rings. The number of nitriles is 1. The molecule has 1 atom stereocenters. The van der Waals surface area contributed by atoms with Crippen LogP contribution in [0.15, 0.2) is 6.20 Å². The Bertz CT molecular complexity index is 565. The van der Waals surface area contributed by atoms with Crippen molar-refractivity contribution in [1.29, 1.82) is 5.26 Å². The van der Waals surface area contributed by atoms with Gasteiger partial charge in [0.1, 0.15) is 11.6 Å². The third-order valence-electron chi connectivity index (χ3n) is 4.53. The van der Waals surface area contributed by atoms with Crippen LogP contribution in [0.1, 0.15) is 44.1 Å². The number of hydrogen-bond acceptors (Lipinski definition) is 3. The zero-order valence-electron chi connectivity index (χ0n) is 11.6. The SMILES string of the molecule is Cn1cc(C#N)c(NC(=O)NC2CC23CCCCC3)n1. The third-order valence-corrected chi connectivity index (χ3v) is 4.53. The predicted molar refractivity (Wildman–Crippen MR) is 74.0 cm³/mol. The van der Waals surface area contributed by atoms with Crippen LogP contribution in [0.5, 0.6) is 0 Å². The number of carbonyl (C=O) groups is 1. The summed E-state index contributed by atoms with van der Waals surface area (Å²) >= 11 is 0. The summed E-state index contributed by atoms with van der Waals surface area (Å²) < 4.78 is 1.52. The molecule has 0 aromatic carbocycles. The topological polar surface area (TPSA) is 82.7 Å². The smallest absolute Gasteiger partial charge is 0.320 e. The number of anilines is 1. The number of nitrogens with zero attached hydrogens (tertiary/aromatic N) is 3. The van der Waals surface area contributed by atoms with Crippen molar-refractivity contribution in [3.8, 4) is 6.07 Å². The summed E-state index contributed by atoms with van der Waals surface area (Å²) in [5.74, 6) is 0.325. The molecule has 0 aliphatic heterocycles. The van der Waals surface area contributed by atoms with Gasteiger partial charge in [0.15, 0.2) is 5.82 Å². The van der Waals surface area contributed by atoms with E-state index in [9.17, 15) is 4.79 Å². The van der Waals surface area contributed by atoms with Gasteiger partial charge < -0.3 is 5.32 Å². The van der Waals surface area contributed by atoms with Gasteiger partial charge in [0.2, 0.25) is 0 Å². The first kappa shape index (κ1) is 13.0. The number of aromatic nitrogens is 2. The Balaban J connectivity index is 1.57. The molecule has 0 radical (unpaired) electrons. The van der Waals surface area contributed by atoms with Crippen LogP contribution >= 0.6 is 0 Å². The van der Waals surface area contributed by atoms with Crippen molar-refractivity contribution in [3.05, 3.63) is 11.8 Å². The number of carbonyl (C=O) groups excluding carboxylic acids is 1. The van der Waals surface area contributed by atoms with Gasteiger partial charge >= 0.3 is 6.03 Å². The lowest BCUT2D eigenvalue weighted by Crippen LogP contribution is -2.34. The highest BCUT2D eigenvalue weighted by Crippen LogP contribution is 2.56. The summed E-state index contributed by atoms with van der Waals surface area (Å²) in [4.78, 5) is 12.0. The molecule has 1 aromatic heterocycles. The van der Waals surface area contributed by atoms with Gasteiger partial charge in [0.25, 0.3) is 0 Å². The fraction of sp³-hybridized carbons (Fsp3) is 0.643. The van der Waals surface area contributed by atoms with E-state index in [4.69, 9.17) is 5.26 Å². The minimum absolute atomic E-state index is 0.257. The maximum absolute atomic E-state index is 12.0. The van der Waals surface area contributed by atoms with Crippen molar-refractivity contribution in [2.75, 3.05) is 5.32 Å². The van der Waals surface area contributed by atoms with Crippen LogP contribution in [0.3, 0.4) is 0 Å². The molecule has 0 bridgehead atoms. The Morgan fingerprint density at radius 3 is 2.95 bits per heavy atom. The molecule has 2 N–H and O–H groups in total. The number of rotatable bonds is 2. The van der Waals surface area contributed by atoms with E-state index >= 15 is 0 Å². The first-order valence-electron chi connectivity index (χ1n) is 7.14. The van der Waals surface area contributed by atoms with E-state index in [2.05, 4.69) is 15.7 Å². The number of aryl methyl sites for hydroxylation is 1. The lowest BCUT2D eigenvalue weighted by atomic mass is 9.86. The second-order valence-electron chi connectivity index (χ2n) is 5.96. The molecule has 106 valence electrons. The average molecular weight is 273 g/mol. The van der Waals surface area contributed by atoms with Gasteiger partial charge in [0, 0.05) is 19.3 Å². The molecule has 20 heavy (non-hydrogen) atoms. The van der Waals surface area contributed by atoms with Gasteiger partial charge in [-0.05, 0) is 24.7 Å². The molecule has 3 rings (SSSR count). The first-order valence-corrected chi connectivity index (χ1v) is 7.14. The van der Waals surface area contributed by atoms with Gasteiger partial charge in [-0.2, -0.15) is 10.4 Å². The van der Waals surface area contributed by atoms with Crippen LogP contribution in [0.4, 0.5) is 10.6 Å². The van der Waals surface area contributed by atoms with E-state index in [0.29, 0.717) is 16.8 Å². The van der Waals surface area contributed by atoms with E-state index in [1.807, 2.05) is 6.07 Å². The summed E-state index contributed by atoms with van der Waals surface area (Å²) in [5, 5.41) is 18.7. The van der Waals surface area contributed by atoms with Crippen molar-refractivity contribution in [1.82, 2.24) is 15.1 Å². The van der Waals surface area contributed by atoms with Crippen LogP contribution in [-0.4, -0.2) is 21.9 Å². The van der Waals surface area contributed by atoms with Crippen LogP contribution in [0.25, 0.3) is 0 Å². The molecular weight excluding hydrogens is 254 g/mol. The van der Waals surface area contributed by atoms with Crippen LogP contribution in [-0.2, 0) is 7.05 Å². The molecule has 2 amide bonds. The van der Waals surface area contributed by atoms with Crippen LogP contribution in [0, 0.1) is 16.7 Å². The summed E-state index contributed by atoms with van der Waals surface area (Å²) in [6, 6.07) is 2.05. The van der Waals surface area contributed by atoms with Crippen molar-refractivity contribution in [2.24, 2.45) is 12.5 Å². The van der Waals surface area contributed by atoms with Crippen molar-refractivity contribution in [3.63, 3.8) is 0 Å². The Morgan fingerprint density at radius 1 is 1.50 bits per heavy atom. The van der Waals surface area contributed by atoms with Crippen molar-refractivity contribution < 1.29 is 4.79 Å². The number of hydrogen-bond donors (Lipinski definition) is 2. The average Bonchev–Trinajstić information content (AvgIpc) is 2.92. The van der Waals surface area contributed by atoms with E-state index in [0.717, 1.165) is 6.42 Å². The summed E-state index contributed by atoms with van der Waals surface area (Å²) in [6.45, 7) is 0. The molecule has 1 heterocycles. The maximum Gasteiger partial charge on any atom is 0.320 e. The Labute approximate surface area is 118 Å². The fourth-order valence-electron chi connectivity index (χ4n) is 3.32. The maximum atomic E-state index is 12.0. The molecule has 1 unspecified atom stereocenters. The minimum atomic E-state index is -0.257. The van der Waals surface area contributed by atoms with E-state index < -0.39 is 0 Å². The molecule has 1 aromatic rings. The minimum Gasteiger partial charge on any atom is -0.335 e. The van der Waals surface area contributed by atoms with Gasteiger partial charge in [-0.15, -0.1) is 0 Å². The second kappa shape index (κ2) is 4.82. The number of nitrogens with one attached hydrogen (secondary N) is 2. The highest BCUT2D eigenvalue weighted by Gasteiger charge is 2.54. The summed E-state index contributed by atoms with van der Waals surface area (Å²) in [5.41, 5.74) is 0.739. The van der Waals surface area contributed by atoms with E-state index in [-0.39, 0.29) is 12.1 Å². The Hall–Kier alpha value is -2.03. The Morgan fingerprint density at radius 2 is 2.25 bits per heavy atom. The first-order chi connectivity index (χ1) is 9.63. The van der Waals surface area contributed by atoms with Gasteiger partial charge in [-0.1, -0.05) is 19.3 Å². The molecule has 2 fully saturated rings. The quantitative estimate of drug-likeness (QED) is 0.866. The van der Waals surface area contributed by atoms with Crippen molar-refractivity contribution >= 4 is 11.8 Å². The number of amides is 2. The molecule has 6 heteroatoms. The largest absolute Gasteiger partial charge is 0.335 e. The zero-order valence-corrected chi connectivity index (χ0v) is 11.6. The summed E-state index contributed by atoms with van der Waals surface area (Å²) in [6.07, 6.45) is 9.01. The number of urea groups is 1. The van der Waals surface area contributed by atoms with E-state index in [1.54, 1.807) is 13.2 Å². The highest BCUT2D eigenvalue weighted by molar-refractivity contribution is 5.90. The van der Waals surface area contributed by atoms with Crippen LogP contribution in [0.2, 0.25) is 0 Å². The second-order valence-corrected chi connectivity index (χ2v) is 5.96. The third kappa shape index (κ3) is 2.36. The normalized spacial score (nSPS) is 23.1. The fourth-order valence-corrected chi connectivity index (χ4v) is 3.32. The molecule has 2 aliphatic carbocycles. The lowest BCUT2D eigenvalue weighted by Gasteiger charge is -2.22. The standard InChI is InChI=1S/C14H19N5O/c1-19-9-10(8-15)12(18-19)17-13(20)16-11-7-14(11)5-3-2-4-6-14/h9,11H,2-7H2,1H3,(H2,16,17,18,20). The molecule has 6 nitrogen and oxygen atoms in total. The molecule has 2 saturated carbocycles. The van der Waals surface area contributed by atoms with Crippen LogP contribution < -0.4 is 10.6 Å². The molecule has 1 spiro atoms. The summed E-state index contributed by atoms with van der Waals surface area (Å²) in [7, 11) is 1.72. The molecule has 0 saturated heterocycles. The Kier molecular flexibility index (Phi) is 3.13. The zero-order chi connectivity index (χ0) is 14.2. The molecular formula is C14H19N5O. The van der Waals surface area contributed by atoms with Gasteiger partial charge in [-0.3, -0.25) is 10.00 Å². The monoisotopic (exact) mass is 273 g/mol. The highest BCUT2D eigenvalue weighted by atomic mass is 16.2. The van der Waals surface area contributed by atoms with Crippen molar-refractivity contribution in [2.45, 2.75) is 44.6 Å². The van der Waals surface area contributed by atoms with E-state index in [1.165, 1.54) is 36.8 Å².